The molecule has 37 atom stereocenters. The summed E-state index contributed by atoms with van der Waals surface area (Å²) in [5, 5.41) is 234. The maximum atomic E-state index is 13.6. The number of carbonyl (C=O) groups excluding carboxylic acids is 3. The number of amides is 3. The number of ether oxygens (including phenoxy) is 14. The summed E-state index contributed by atoms with van der Waals surface area (Å²) in [5.74, 6) is -2.15. The molecule has 7 fully saturated rings. The Morgan fingerprint density at radius 1 is 0.339 bits per heavy atom. The highest BCUT2D eigenvalue weighted by Crippen LogP contribution is 2.40. The summed E-state index contributed by atoms with van der Waals surface area (Å²) in [4.78, 5) is 39.7. The molecule has 40 heteroatoms. The fourth-order valence-electron chi connectivity index (χ4n) is 16.9. The van der Waals surface area contributed by atoms with Crippen molar-refractivity contribution in [2.75, 3.05) is 46.2 Å². The van der Waals surface area contributed by atoms with Crippen LogP contribution in [-0.4, -0.2) is 393 Å². The molecule has 40 nitrogen and oxygen atoms in total. The number of hydrogen-bond acceptors (Lipinski definition) is 37. The van der Waals surface area contributed by atoms with Crippen molar-refractivity contribution in [3.05, 3.63) is 12.2 Å². The van der Waals surface area contributed by atoms with E-state index in [0.717, 1.165) is 65.2 Å². The topological polar surface area (TPSA) is 621 Å². The van der Waals surface area contributed by atoms with Crippen molar-refractivity contribution < 1.29 is 183 Å². The molecule has 23 N–H and O–H groups in total. The van der Waals surface area contributed by atoms with Gasteiger partial charge in [-0.3, -0.25) is 14.4 Å². The Balaban J connectivity index is 1.04. The molecule has 0 saturated carbocycles. The Kier molecular flexibility index (Phi) is 49.2. The first-order chi connectivity index (χ1) is 59.5. The van der Waals surface area contributed by atoms with Crippen LogP contribution in [0.5, 0.6) is 0 Å². The lowest BCUT2D eigenvalue weighted by atomic mass is 9.93. The first kappa shape index (κ1) is 108. The van der Waals surface area contributed by atoms with Crippen LogP contribution in [0.15, 0.2) is 12.2 Å². The standard InChI is InChI=1S/C84H151N3O37/c1-6-8-10-12-14-16-18-20-21-22-23-25-27-29-31-33-35-37-56(97)87-48(49(96)36-34-32-30-28-26-24-19-17-15-13-11-9-7-2)44-111-81-67(106)65(104)71(53(41-91)116-81)120-82-68(107)66(105)72(54(42-92)117-82)121-84-70(109)76(124-79-57(85-46(4)94)63(102)60(99)50(38-88)113-79)73(55(43-93)118-84)122-80-58(86-47(5)95)74(61(100)51(39-89)114-80)123-83-69(108)75(62(101)52(40-90)115-83)119-77-64(103)59(98)45(3)112-78(77)110/h34,36,45,48-55,57-84,88-93,96,98-110H,6-33,35,37-44H2,1-5H3,(H,85,94)(H,86,95)(H,87,97)/b36-34+/t45?,48-,49+,50?,51?,52?,53?,54?,55?,57?,58?,59+,60-,61-,62-,63+,64?,65+,66+,67?,68?,69?,70?,71+,72-,73-,74+,75-,76+,77-,78+,79-,80-,81+,82-,83-,84-/m0/s1. The number of rotatable bonds is 56. The van der Waals surface area contributed by atoms with E-state index in [0.29, 0.717) is 12.8 Å². The lowest BCUT2D eigenvalue weighted by molar-refractivity contribution is -0.399. The second-order valence-corrected chi connectivity index (χ2v) is 34.2. The van der Waals surface area contributed by atoms with Crippen molar-refractivity contribution in [3.63, 3.8) is 0 Å². The van der Waals surface area contributed by atoms with E-state index in [4.69, 9.17) is 66.3 Å². The number of allylic oxidation sites excluding steroid dienone is 1. The van der Waals surface area contributed by atoms with Gasteiger partial charge < -0.3 is 184 Å². The summed E-state index contributed by atoms with van der Waals surface area (Å²) < 4.78 is 83.8. The molecule has 14 unspecified atom stereocenters. The molecule has 0 aliphatic carbocycles. The third-order valence-electron chi connectivity index (χ3n) is 24.3. The van der Waals surface area contributed by atoms with Gasteiger partial charge in [0.2, 0.25) is 17.7 Å². The monoisotopic (exact) mass is 1790 g/mol. The van der Waals surface area contributed by atoms with Gasteiger partial charge in [0, 0.05) is 20.3 Å². The van der Waals surface area contributed by atoms with E-state index in [1.807, 2.05) is 6.08 Å². The predicted molar refractivity (Wildman–Crippen MR) is 434 cm³/mol. The normalized spacial score (nSPS) is 38.5. The molecule has 0 aromatic heterocycles. The van der Waals surface area contributed by atoms with Gasteiger partial charge in [0.25, 0.3) is 0 Å². The third-order valence-corrected chi connectivity index (χ3v) is 24.3. The summed E-state index contributed by atoms with van der Waals surface area (Å²) in [6, 6.07) is -4.82. The highest BCUT2D eigenvalue weighted by Gasteiger charge is 2.60. The fourth-order valence-corrected chi connectivity index (χ4v) is 16.9. The summed E-state index contributed by atoms with van der Waals surface area (Å²) >= 11 is 0. The number of nitrogens with one attached hydrogen (secondary N) is 3. The van der Waals surface area contributed by atoms with E-state index in [1.54, 1.807) is 6.08 Å². The van der Waals surface area contributed by atoms with Crippen molar-refractivity contribution >= 4 is 17.7 Å². The van der Waals surface area contributed by atoms with Crippen LogP contribution in [0.2, 0.25) is 0 Å². The van der Waals surface area contributed by atoms with Crippen LogP contribution in [0.25, 0.3) is 0 Å². The van der Waals surface area contributed by atoms with Crippen LogP contribution in [0.3, 0.4) is 0 Å². The molecule has 124 heavy (non-hydrogen) atoms. The molecule has 7 aliphatic heterocycles. The smallest absolute Gasteiger partial charge is 0.220 e. The molecule has 0 bridgehead atoms. The Bertz CT molecular complexity index is 2950. The quantitative estimate of drug-likeness (QED) is 0.0216. The van der Waals surface area contributed by atoms with Crippen molar-refractivity contribution in [1.82, 2.24) is 16.0 Å². The molecule has 0 aromatic carbocycles. The van der Waals surface area contributed by atoms with Crippen molar-refractivity contribution in [2.45, 2.75) is 454 Å². The van der Waals surface area contributed by atoms with Gasteiger partial charge in [-0.25, -0.2) is 0 Å². The molecule has 0 spiro atoms. The zero-order chi connectivity index (χ0) is 90.7. The van der Waals surface area contributed by atoms with Crippen LogP contribution in [0.1, 0.15) is 227 Å². The van der Waals surface area contributed by atoms with Gasteiger partial charge in [-0.05, 0) is 26.2 Å². The van der Waals surface area contributed by atoms with Gasteiger partial charge in [0.05, 0.1) is 64.5 Å². The van der Waals surface area contributed by atoms with Crippen LogP contribution in [0, 0.1) is 0 Å². The van der Waals surface area contributed by atoms with Crippen LogP contribution >= 0.6 is 0 Å². The fraction of sp³-hybridized carbons (Fsp3) is 0.940. The van der Waals surface area contributed by atoms with Crippen LogP contribution in [-0.2, 0) is 80.7 Å². The number of aliphatic hydroxyl groups excluding tert-OH is 20. The first-order valence-corrected chi connectivity index (χ1v) is 45.3. The molecular formula is C84H151N3O37. The summed E-state index contributed by atoms with van der Waals surface area (Å²) in [5.41, 5.74) is 0. The van der Waals surface area contributed by atoms with E-state index in [2.05, 4.69) is 29.8 Å². The third kappa shape index (κ3) is 31.8. The lowest BCUT2D eigenvalue weighted by Gasteiger charge is -2.52. The average Bonchev–Trinajstić information content (AvgIpc) is 0.758. The van der Waals surface area contributed by atoms with E-state index < -0.39 is 285 Å². The molecule has 0 aromatic rings. The van der Waals surface area contributed by atoms with Gasteiger partial charge in [0.15, 0.2) is 44.0 Å². The summed E-state index contributed by atoms with van der Waals surface area (Å²) in [6.45, 7) is 0.820. The lowest BCUT2D eigenvalue weighted by Crippen LogP contribution is -2.71. The number of carbonyl (C=O) groups is 3. The molecule has 724 valence electrons. The second-order valence-electron chi connectivity index (χ2n) is 34.2. The molecular weight excluding hydrogens is 1640 g/mol. The largest absolute Gasteiger partial charge is 0.394 e. The van der Waals surface area contributed by atoms with Gasteiger partial charge >= 0.3 is 0 Å². The van der Waals surface area contributed by atoms with Crippen LogP contribution in [0.4, 0.5) is 0 Å². The van der Waals surface area contributed by atoms with E-state index in [-0.39, 0.29) is 12.3 Å². The van der Waals surface area contributed by atoms with E-state index >= 15 is 0 Å². The molecule has 7 heterocycles. The summed E-state index contributed by atoms with van der Waals surface area (Å²) in [6.07, 6.45) is -29.7. The van der Waals surface area contributed by atoms with Gasteiger partial charge in [-0.2, -0.15) is 0 Å². The zero-order valence-corrected chi connectivity index (χ0v) is 72.6. The Hall–Kier alpha value is -3.21. The predicted octanol–water partition coefficient (Wildman–Crippen LogP) is -2.79. The minimum Gasteiger partial charge on any atom is -0.394 e. The SMILES string of the molecule is CCCCCCCCCCCCC/C=C/[C@@H](O)[C@H](CO[C@@H]1OC(CO)[C@@H](O[C@@H]2OC(CO)[C@H](O[C@@H]3OC(CO)[C@H](O[C@@H]4OC(CO)[C@H](O)[C@H](O[C@@H]5OC(CO)[C@H](O)[C@H](O[C@H]6C(O)[C@H](O)C(C)O[C@H]6O)C5O)C4NC(C)=O)[C@H](O[C@@H]4OC(CO)[C@H](O)[C@H](O)C4NC(C)=O)C3O)[C@H](O)C2O)[C@H](O)C1O)NC(=O)CCCCCCCCCCCCCCCCCCC. The molecule has 7 rings (SSSR count). The molecule has 3 amide bonds. The molecule has 7 saturated heterocycles. The first-order valence-electron chi connectivity index (χ1n) is 45.3. The number of unbranched alkanes of at least 4 members (excludes halogenated alkanes) is 27. The van der Waals surface area contributed by atoms with E-state index in [1.165, 1.54) is 129 Å². The van der Waals surface area contributed by atoms with Crippen molar-refractivity contribution in [2.24, 2.45) is 0 Å². The Morgan fingerprint density at radius 2 is 0.694 bits per heavy atom. The van der Waals surface area contributed by atoms with Crippen molar-refractivity contribution in [3.8, 4) is 0 Å². The molecule has 7 aliphatic rings. The van der Waals surface area contributed by atoms with E-state index in [9.17, 15) is 117 Å². The highest BCUT2D eigenvalue weighted by molar-refractivity contribution is 5.76. The minimum atomic E-state index is -2.43. The maximum absolute atomic E-state index is 13.6. The Morgan fingerprint density at radius 3 is 1.17 bits per heavy atom. The van der Waals surface area contributed by atoms with Crippen molar-refractivity contribution in [1.29, 1.82) is 0 Å². The van der Waals surface area contributed by atoms with Gasteiger partial charge in [-0.15, -0.1) is 0 Å². The Labute approximate surface area is 726 Å². The maximum Gasteiger partial charge on any atom is 0.220 e. The summed E-state index contributed by atoms with van der Waals surface area (Å²) in [7, 11) is 0. The number of hydrogen-bond donors (Lipinski definition) is 23. The average molecular weight is 1800 g/mol. The molecule has 0 radical (unpaired) electrons. The van der Waals surface area contributed by atoms with Gasteiger partial charge in [-0.1, -0.05) is 193 Å². The van der Waals surface area contributed by atoms with Crippen LogP contribution < -0.4 is 16.0 Å². The zero-order valence-electron chi connectivity index (χ0n) is 72.6. The minimum absolute atomic E-state index is 0.160. The van der Waals surface area contributed by atoms with Gasteiger partial charge in [0.1, 0.15) is 165 Å². The second kappa shape index (κ2) is 56.6. The highest BCUT2D eigenvalue weighted by atomic mass is 16.8. The number of aliphatic hydroxyl groups is 20.